The van der Waals surface area contributed by atoms with E-state index in [1.807, 2.05) is 0 Å². The fraction of sp³-hybridized carbons (Fsp3) is 0.667. The lowest BCUT2D eigenvalue weighted by Gasteiger charge is -2.23. The van der Waals surface area contributed by atoms with Gasteiger partial charge in [-0.3, -0.25) is 9.59 Å². The second kappa shape index (κ2) is 4.74. The van der Waals surface area contributed by atoms with E-state index in [1.165, 1.54) is 13.8 Å². The molecule has 0 aliphatic rings. The number of Topliss-reactive ketones (excluding diaryl/α,β-unsaturated/α-hetero) is 1. The Balaban J connectivity index is 4.80. The maximum Gasteiger partial charge on any atom is 0.358 e. The summed E-state index contributed by atoms with van der Waals surface area (Å²) in [6, 6.07) is 0. The summed E-state index contributed by atoms with van der Waals surface area (Å²) in [5.41, 5.74) is -1.82. The Labute approximate surface area is 82.4 Å². The summed E-state index contributed by atoms with van der Waals surface area (Å²) in [6.07, 6.45) is 0. The summed E-state index contributed by atoms with van der Waals surface area (Å²) in [6.45, 7) is 5.24. The lowest BCUT2D eigenvalue weighted by molar-refractivity contribution is -0.181. The molecule has 0 amide bonds. The van der Waals surface area contributed by atoms with Gasteiger partial charge in [0, 0.05) is 6.92 Å². The normalized spacial score (nSPS) is 14.0. The third kappa shape index (κ3) is 2.83. The number of ether oxygens (including phenoxy) is 2. The molecule has 5 heteroatoms. The van der Waals surface area contributed by atoms with Crippen LogP contribution in [0.25, 0.3) is 0 Å². The van der Waals surface area contributed by atoms with Crippen LogP contribution in [0.4, 0.5) is 0 Å². The standard InChI is InChI=1S/C9H14O5/c1-5-13-8(12)9(4,6(2)10)14-7(3)11/h5H2,1-4H3. The topological polar surface area (TPSA) is 69.7 Å². The zero-order chi connectivity index (χ0) is 11.4. The van der Waals surface area contributed by atoms with Crippen molar-refractivity contribution < 1.29 is 23.9 Å². The summed E-state index contributed by atoms with van der Waals surface area (Å²) < 4.78 is 9.28. The molecule has 0 saturated heterocycles. The molecule has 0 radical (unpaired) electrons. The van der Waals surface area contributed by atoms with Gasteiger partial charge < -0.3 is 9.47 Å². The van der Waals surface area contributed by atoms with E-state index in [0.717, 1.165) is 6.92 Å². The van der Waals surface area contributed by atoms with Gasteiger partial charge in [0.15, 0.2) is 5.78 Å². The Bertz CT molecular complexity index is 258. The van der Waals surface area contributed by atoms with Crippen LogP contribution in [0, 0.1) is 0 Å². The molecule has 0 aliphatic carbocycles. The van der Waals surface area contributed by atoms with Crippen LogP contribution >= 0.6 is 0 Å². The van der Waals surface area contributed by atoms with E-state index in [0.29, 0.717) is 0 Å². The van der Waals surface area contributed by atoms with Gasteiger partial charge in [0.05, 0.1) is 6.61 Å². The monoisotopic (exact) mass is 202 g/mol. The van der Waals surface area contributed by atoms with Crippen molar-refractivity contribution in [2.75, 3.05) is 6.61 Å². The summed E-state index contributed by atoms with van der Waals surface area (Å²) in [7, 11) is 0. The van der Waals surface area contributed by atoms with Crippen molar-refractivity contribution in [2.24, 2.45) is 0 Å². The van der Waals surface area contributed by atoms with E-state index in [4.69, 9.17) is 0 Å². The smallest absolute Gasteiger partial charge is 0.358 e. The summed E-state index contributed by atoms with van der Waals surface area (Å²) in [5.74, 6) is -2.11. The molecule has 0 saturated carbocycles. The predicted octanol–water partition coefficient (Wildman–Crippen LogP) is 0.460. The Kier molecular flexibility index (Phi) is 4.27. The van der Waals surface area contributed by atoms with Crippen molar-refractivity contribution in [3.63, 3.8) is 0 Å². The number of carbonyl (C=O) groups excluding carboxylic acids is 3. The Morgan fingerprint density at radius 2 is 1.71 bits per heavy atom. The minimum absolute atomic E-state index is 0.128. The highest BCUT2D eigenvalue weighted by Gasteiger charge is 2.43. The van der Waals surface area contributed by atoms with E-state index >= 15 is 0 Å². The molecule has 0 aliphatic heterocycles. The van der Waals surface area contributed by atoms with Gasteiger partial charge in [-0.15, -0.1) is 0 Å². The van der Waals surface area contributed by atoms with Crippen molar-refractivity contribution in [1.82, 2.24) is 0 Å². The summed E-state index contributed by atoms with van der Waals surface area (Å²) in [4.78, 5) is 33.2. The first-order valence-electron chi connectivity index (χ1n) is 4.22. The third-order valence-electron chi connectivity index (χ3n) is 1.68. The summed E-state index contributed by atoms with van der Waals surface area (Å²) >= 11 is 0. The number of esters is 2. The molecular formula is C9H14O5. The van der Waals surface area contributed by atoms with Crippen LogP contribution < -0.4 is 0 Å². The van der Waals surface area contributed by atoms with Crippen LogP contribution in [0.2, 0.25) is 0 Å². The van der Waals surface area contributed by atoms with Crippen molar-refractivity contribution >= 4 is 17.7 Å². The van der Waals surface area contributed by atoms with Gasteiger partial charge in [-0.1, -0.05) is 0 Å². The molecule has 0 spiro atoms. The average Bonchev–Trinajstić information content (AvgIpc) is 2.02. The Morgan fingerprint density at radius 3 is 2.00 bits per heavy atom. The van der Waals surface area contributed by atoms with E-state index in [2.05, 4.69) is 9.47 Å². The molecule has 1 unspecified atom stereocenters. The van der Waals surface area contributed by atoms with Crippen molar-refractivity contribution in [3.05, 3.63) is 0 Å². The van der Waals surface area contributed by atoms with E-state index < -0.39 is 23.3 Å². The molecule has 0 N–H and O–H groups in total. The second-order valence-corrected chi connectivity index (χ2v) is 2.90. The maximum atomic E-state index is 11.3. The lowest BCUT2D eigenvalue weighted by Crippen LogP contribution is -2.47. The van der Waals surface area contributed by atoms with Crippen LogP contribution in [0.15, 0.2) is 0 Å². The zero-order valence-electron chi connectivity index (χ0n) is 8.75. The molecule has 0 bridgehead atoms. The highest BCUT2D eigenvalue weighted by atomic mass is 16.6. The molecular weight excluding hydrogens is 188 g/mol. The SMILES string of the molecule is CCOC(=O)C(C)(OC(C)=O)C(C)=O. The van der Waals surface area contributed by atoms with Crippen LogP contribution in [-0.4, -0.2) is 29.9 Å². The van der Waals surface area contributed by atoms with Gasteiger partial charge >= 0.3 is 11.9 Å². The second-order valence-electron chi connectivity index (χ2n) is 2.90. The first kappa shape index (κ1) is 12.6. The molecule has 0 rings (SSSR count). The largest absolute Gasteiger partial charge is 0.463 e. The first-order valence-corrected chi connectivity index (χ1v) is 4.22. The highest BCUT2D eigenvalue weighted by Crippen LogP contribution is 2.14. The minimum atomic E-state index is -1.82. The molecule has 5 nitrogen and oxygen atoms in total. The quantitative estimate of drug-likeness (QED) is 0.489. The molecule has 0 fully saturated rings. The molecule has 14 heavy (non-hydrogen) atoms. The van der Waals surface area contributed by atoms with Gasteiger partial charge in [-0.2, -0.15) is 0 Å². The van der Waals surface area contributed by atoms with Crippen molar-refractivity contribution in [2.45, 2.75) is 33.3 Å². The number of carbonyl (C=O) groups is 3. The van der Waals surface area contributed by atoms with Gasteiger partial charge in [-0.05, 0) is 20.8 Å². The minimum Gasteiger partial charge on any atom is -0.463 e. The molecule has 0 aromatic carbocycles. The molecule has 0 aromatic heterocycles. The molecule has 80 valence electrons. The van der Waals surface area contributed by atoms with Crippen molar-refractivity contribution in [1.29, 1.82) is 0 Å². The molecule has 1 atom stereocenters. The van der Waals surface area contributed by atoms with Crippen LogP contribution in [0.5, 0.6) is 0 Å². The van der Waals surface area contributed by atoms with Gasteiger partial charge in [-0.25, -0.2) is 4.79 Å². The highest BCUT2D eigenvalue weighted by molar-refractivity contribution is 6.07. The average molecular weight is 202 g/mol. The fourth-order valence-electron chi connectivity index (χ4n) is 0.814. The van der Waals surface area contributed by atoms with Gasteiger partial charge in [0.2, 0.25) is 0 Å². The van der Waals surface area contributed by atoms with Crippen LogP contribution in [-0.2, 0) is 23.9 Å². The molecule has 0 aromatic rings. The zero-order valence-corrected chi connectivity index (χ0v) is 8.75. The Hall–Kier alpha value is -1.39. The van der Waals surface area contributed by atoms with Gasteiger partial charge in [0.1, 0.15) is 0 Å². The van der Waals surface area contributed by atoms with E-state index in [1.54, 1.807) is 6.92 Å². The van der Waals surface area contributed by atoms with E-state index in [9.17, 15) is 14.4 Å². The predicted molar refractivity (Wildman–Crippen MR) is 47.5 cm³/mol. The van der Waals surface area contributed by atoms with E-state index in [-0.39, 0.29) is 6.61 Å². The number of ketones is 1. The van der Waals surface area contributed by atoms with Crippen molar-refractivity contribution in [3.8, 4) is 0 Å². The maximum absolute atomic E-state index is 11.3. The van der Waals surface area contributed by atoms with Crippen LogP contribution in [0.1, 0.15) is 27.7 Å². The first-order chi connectivity index (χ1) is 6.34. The Morgan fingerprint density at radius 1 is 1.21 bits per heavy atom. The fourth-order valence-corrected chi connectivity index (χ4v) is 0.814. The number of rotatable bonds is 4. The third-order valence-corrected chi connectivity index (χ3v) is 1.68. The van der Waals surface area contributed by atoms with Crippen LogP contribution in [0.3, 0.4) is 0 Å². The number of hydrogen-bond acceptors (Lipinski definition) is 5. The van der Waals surface area contributed by atoms with Gasteiger partial charge in [0.25, 0.3) is 5.60 Å². The summed E-state index contributed by atoms with van der Waals surface area (Å²) in [5, 5.41) is 0. The molecule has 0 heterocycles. The lowest BCUT2D eigenvalue weighted by atomic mass is 10.0. The number of hydrogen-bond donors (Lipinski definition) is 0.